The van der Waals surface area contributed by atoms with Crippen LogP contribution in [-0.2, 0) is 0 Å². The van der Waals surface area contributed by atoms with E-state index in [0.717, 1.165) is 0 Å². The number of methoxy groups -OCH3 is 1. The number of rotatable bonds is 5. The van der Waals surface area contributed by atoms with Gasteiger partial charge < -0.3 is 14.8 Å². The summed E-state index contributed by atoms with van der Waals surface area (Å²) >= 11 is 0. The summed E-state index contributed by atoms with van der Waals surface area (Å²) in [7, 11) is 3.19. The van der Waals surface area contributed by atoms with Crippen molar-refractivity contribution < 1.29 is 14.4 Å². The minimum atomic E-state index is -0.497. The molecule has 0 bridgehead atoms. The van der Waals surface area contributed by atoms with Gasteiger partial charge >= 0.3 is 0 Å². The zero-order valence-electron chi connectivity index (χ0n) is 11.0. The van der Waals surface area contributed by atoms with E-state index in [1.807, 2.05) is 0 Å². The summed E-state index contributed by atoms with van der Waals surface area (Å²) in [6.07, 6.45) is 0. The maximum Gasteiger partial charge on any atom is 0.278 e. The highest BCUT2D eigenvalue weighted by molar-refractivity contribution is 5.48. The molecule has 0 radical (unpaired) electrons. The van der Waals surface area contributed by atoms with E-state index in [2.05, 4.69) is 10.3 Å². The van der Waals surface area contributed by atoms with Crippen LogP contribution in [0, 0.1) is 10.1 Å². The Bertz CT molecular complexity index is 614. The number of anilines is 1. The van der Waals surface area contributed by atoms with Gasteiger partial charge in [-0.25, -0.2) is 0 Å². The van der Waals surface area contributed by atoms with E-state index in [1.165, 1.54) is 12.1 Å². The highest BCUT2D eigenvalue weighted by Gasteiger charge is 2.12. The second-order valence-corrected chi connectivity index (χ2v) is 3.83. The number of pyridine rings is 1. The minimum absolute atomic E-state index is 0.0899. The molecule has 7 heteroatoms. The van der Waals surface area contributed by atoms with Crippen molar-refractivity contribution in [1.29, 1.82) is 0 Å². The Morgan fingerprint density at radius 2 is 1.85 bits per heavy atom. The van der Waals surface area contributed by atoms with Crippen molar-refractivity contribution in [2.75, 3.05) is 19.5 Å². The Labute approximate surface area is 115 Å². The largest absolute Gasteiger partial charge is 0.497 e. The van der Waals surface area contributed by atoms with E-state index in [0.29, 0.717) is 17.3 Å². The molecule has 0 amide bonds. The maximum atomic E-state index is 10.8. The molecule has 2 aromatic rings. The SMILES string of the molecule is CNc1cc([N+](=O)[O-])cc(Oc2ccc(OC)cc2)n1. The fourth-order valence-corrected chi connectivity index (χ4v) is 1.54. The van der Waals surface area contributed by atoms with Crippen LogP contribution in [0.25, 0.3) is 0 Å². The summed E-state index contributed by atoms with van der Waals surface area (Å²) in [6, 6.07) is 9.44. The Hall–Kier alpha value is -2.83. The van der Waals surface area contributed by atoms with Crippen LogP contribution in [0.1, 0.15) is 0 Å². The number of nitro groups is 1. The number of aromatic nitrogens is 1. The van der Waals surface area contributed by atoms with Crippen LogP contribution in [0.4, 0.5) is 11.5 Å². The van der Waals surface area contributed by atoms with Crippen LogP contribution in [0.3, 0.4) is 0 Å². The molecule has 1 aromatic carbocycles. The van der Waals surface area contributed by atoms with E-state index >= 15 is 0 Å². The summed E-state index contributed by atoms with van der Waals surface area (Å²) in [6.45, 7) is 0. The summed E-state index contributed by atoms with van der Waals surface area (Å²) in [5, 5.41) is 13.6. The van der Waals surface area contributed by atoms with Crippen LogP contribution in [0.5, 0.6) is 17.4 Å². The molecule has 0 saturated heterocycles. The average Bonchev–Trinajstić information content (AvgIpc) is 2.47. The lowest BCUT2D eigenvalue weighted by Crippen LogP contribution is -1.98. The zero-order chi connectivity index (χ0) is 14.5. The molecule has 0 atom stereocenters. The number of nitrogens with one attached hydrogen (secondary N) is 1. The van der Waals surface area contributed by atoms with Gasteiger partial charge in [0.05, 0.1) is 24.2 Å². The van der Waals surface area contributed by atoms with Gasteiger partial charge in [-0.05, 0) is 24.3 Å². The minimum Gasteiger partial charge on any atom is -0.497 e. The topological polar surface area (TPSA) is 86.5 Å². The van der Waals surface area contributed by atoms with Crippen molar-refractivity contribution in [3.8, 4) is 17.4 Å². The van der Waals surface area contributed by atoms with Gasteiger partial charge in [0.15, 0.2) is 0 Å². The fraction of sp³-hybridized carbons (Fsp3) is 0.154. The molecule has 1 heterocycles. The van der Waals surface area contributed by atoms with Crippen molar-refractivity contribution in [2.45, 2.75) is 0 Å². The first kappa shape index (κ1) is 13.6. The first-order valence-corrected chi connectivity index (χ1v) is 5.78. The van der Waals surface area contributed by atoms with Gasteiger partial charge in [-0.2, -0.15) is 4.98 Å². The van der Waals surface area contributed by atoms with Crippen LogP contribution in [-0.4, -0.2) is 24.1 Å². The van der Waals surface area contributed by atoms with Crippen molar-refractivity contribution in [3.63, 3.8) is 0 Å². The number of hydrogen-bond acceptors (Lipinski definition) is 6. The molecular weight excluding hydrogens is 262 g/mol. The lowest BCUT2D eigenvalue weighted by atomic mass is 10.3. The van der Waals surface area contributed by atoms with Crippen LogP contribution >= 0.6 is 0 Å². The summed E-state index contributed by atoms with van der Waals surface area (Å²) in [5.41, 5.74) is -0.0899. The summed E-state index contributed by atoms with van der Waals surface area (Å²) < 4.78 is 10.5. The predicted octanol–water partition coefficient (Wildman–Crippen LogP) is 2.83. The standard InChI is InChI=1S/C13H13N3O4/c1-14-12-7-9(16(17)18)8-13(15-12)20-11-5-3-10(19-2)4-6-11/h3-8H,1-2H3,(H,14,15). The third-order valence-corrected chi connectivity index (χ3v) is 2.54. The predicted molar refractivity (Wildman–Crippen MR) is 73.5 cm³/mol. The van der Waals surface area contributed by atoms with Crippen LogP contribution < -0.4 is 14.8 Å². The number of benzene rings is 1. The normalized spacial score (nSPS) is 9.90. The molecule has 20 heavy (non-hydrogen) atoms. The molecule has 7 nitrogen and oxygen atoms in total. The smallest absolute Gasteiger partial charge is 0.278 e. The molecule has 2 rings (SSSR count). The second kappa shape index (κ2) is 5.87. The van der Waals surface area contributed by atoms with Gasteiger partial charge in [-0.15, -0.1) is 0 Å². The number of ether oxygens (including phenoxy) is 2. The second-order valence-electron chi connectivity index (χ2n) is 3.83. The van der Waals surface area contributed by atoms with E-state index in [9.17, 15) is 10.1 Å². The maximum absolute atomic E-state index is 10.8. The van der Waals surface area contributed by atoms with Gasteiger partial charge in [0.1, 0.15) is 17.3 Å². The van der Waals surface area contributed by atoms with E-state index in [1.54, 1.807) is 38.4 Å². The number of nitrogens with zero attached hydrogens (tertiary/aromatic N) is 2. The molecule has 0 aliphatic heterocycles. The quantitative estimate of drug-likeness (QED) is 0.667. The van der Waals surface area contributed by atoms with Crippen molar-refractivity contribution in [2.24, 2.45) is 0 Å². The molecule has 1 N–H and O–H groups in total. The Kier molecular flexibility index (Phi) is 3.99. The fourth-order valence-electron chi connectivity index (χ4n) is 1.54. The Balaban J connectivity index is 2.27. The molecule has 0 aliphatic carbocycles. The number of hydrogen-bond donors (Lipinski definition) is 1. The molecule has 1 aromatic heterocycles. The highest BCUT2D eigenvalue weighted by atomic mass is 16.6. The van der Waals surface area contributed by atoms with E-state index in [-0.39, 0.29) is 11.6 Å². The highest BCUT2D eigenvalue weighted by Crippen LogP contribution is 2.27. The van der Waals surface area contributed by atoms with Gasteiger partial charge in [0, 0.05) is 7.05 Å². The third kappa shape index (κ3) is 3.14. The van der Waals surface area contributed by atoms with Crippen LogP contribution in [0.15, 0.2) is 36.4 Å². The van der Waals surface area contributed by atoms with Crippen molar-refractivity contribution in [1.82, 2.24) is 4.98 Å². The summed E-state index contributed by atoms with van der Waals surface area (Å²) in [4.78, 5) is 14.4. The molecule has 0 unspecified atom stereocenters. The average molecular weight is 275 g/mol. The monoisotopic (exact) mass is 275 g/mol. The first-order chi connectivity index (χ1) is 9.62. The van der Waals surface area contributed by atoms with Crippen molar-refractivity contribution in [3.05, 3.63) is 46.5 Å². The van der Waals surface area contributed by atoms with Gasteiger partial charge in [0.2, 0.25) is 5.88 Å². The van der Waals surface area contributed by atoms with E-state index < -0.39 is 4.92 Å². The summed E-state index contributed by atoms with van der Waals surface area (Å²) in [5.74, 6) is 1.72. The Morgan fingerprint density at radius 3 is 2.40 bits per heavy atom. The van der Waals surface area contributed by atoms with Crippen molar-refractivity contribution >= 4 is 11.5 Å². The first-order valence-electron chi connectivity index (χ1n) is 5.78. The molecule has 104 valence electrons. The van der Waals surface area contributed by atoms with Gasteiger partial charge in [-0.1, -0.05) is 0 Å². The van der Waals surface area contributed by atoms with Crippen LogP contribution in [0.2, 0.25) is 0 Å². The molecule has 0 fully saturated rings. The molecule has 0 aliphatic rings. The van der Waals surface area contributed by atoms with E-state index in [4.69, 9.17) is 9.47 Å². The third-order valence-electron chi connectivity index (χ3n) is 2.54. The zero-order valence-corrected chi connectivity index (χ0v) is 11.0. The lowest BCUT2D eigenvalue weighted by Gasteiger charge is -2.07. The van der Waals surface area contributed by atoms with Gasteiger partial charge in [-0.3, -0.25) is 10.1 Å². The molecule has 0 spiro atoms. The molecular formula is C13H13N3O4. The molecule has 0 saturated carbocycles. The Morgan fingerprint density at radius 1 is 1.20 bits per heavy atom. The van der Waals surface area contributed by atoms with Gasteiger partial charge in [0.25, 0.3) is 5.69 Å². The lowest BCUT2D eigenvalue weighted by molar-refractivity contribution is -0.384.